The summed E-state index contributed by atoms with van der Waals surface area (Å²) in [6, 6.07) is 6.15. The first kappa shape index (κ1) is 18.9. The first-order valence-corrected chi connectivity index (χ1v) is 10.2. The van der Waals surface area contributed by atoms with Crippen molar-refractivity contribution < 1.29 is 9.59 Å². The highest BCUT2D eigenvalue weighted by Crippen LogP contribution is 2.28. The summed E-state index contributed by atoms with van der Waals surface area (Å²) in [6.45, 7) is 5.33. The maximum Gasteiger partial charge on any atom is 0.225 e. The predicted octanol–water partition coefficient (Wildman–Crippen LogP) is 4.53. The molecule has 1 heterocycles. The molecule has 4 nitrogen and oxygen atoms in total. The van der Waals surface area contributed by atoms with Crippen LogP contribution >= 0.6 is 0 Å². The number of hydrogen-bond acceptors (Lipinski definition) is 2. The molecule has 142 valence electrons. The van der Waals surface area contributed by atoms with Crippen molar-refractivity contribution >= 4 is 17.5 Å². The fourth-order valence-corrected chi connectivity index (χ4v) is 4.22. The second-order valence-electron chi connectivity index (χ2n) is 8.24. The van der Waals surface area contributed by atoms with Gasteiger partial charge < -0.3 is 10.2 Å². The van der Waals surface area contributed by atoms with Crippen LogP contribution in [0.2, 0.25) is 0 Å². The Hall–Kier alpha value is -1.84. The molecule has 1 aromatic rings. The number of nitrogens with one attached hydrogen (secondary N) is 1. The van der Waals surface area contributed by atoms with Crippen molar-refractivity contribution in [3.05, 3.63) is 29.3 Å². The van der Waals surface area contributed by atoms with E-state index in [0.717, 1.165) is 36.6 Å². The van der Waals surface area contributed by atoms with Crippen LogP contribution in [0.15, 0.2) is 18.2 Å². The van der Waals surface area contributed by atoms with Crippen LogP contribution in [0, 0.1) is 11.8 Å². The molecule has 1 aliphatic heterocycles. The first-order chi connectivity index (χ1) is 12.5. The lowest BCUT2D eigenvalue weighted by molar-refractivity contribution is -0.135. The number of benzene rings is 1. The van der Waals surface area contributed by atoms with Crippen molar-refractivity contribution in [1.82, 2.24) is 4.90 Å². The van der Waals surface area contributed by atoms with E-state index in [4.69, 9.17) is 0 Å². The molecule has 1 saturated carbocycles. The summed E-state index contributed by atoms with van der Waals surface area (Å²) in [4.78, 5) is 26.5. The van der Waals surface area contributed by atoms with Gasteiger partial charge in [-0.25, -0.2) is 0 Å². The largest absolute Gasteiger partial charge is 0.338 e. The highest BCUT2D eigenvalue weighted by atomic mass is 16.2. The second kappa shape index (κ2) is 8.70. The molecule has 0 unspecified atom stereocenters. The van der Waals surface area contributed by atoms with Crippen molar-refractivity contribution in [2.45, 2.75) is 71.8 Å². The van der Waals surface area contributed by atoms with Crippen LogP contribution in [0.3, 0.4) is 0 Å². The Morgan fingerprint density at radius 1 is 1.15 bits per heavy atom. The smallest absolute Gasteiger partial charge is 0.225 e. The van der Waals surface area contributed by atoms with E-state index in [2.05, 4.69) is 11.4 Å². The van der Waals surface area contributed by atoms with E-state index >= 15 is 0 Å². The highest BCUT2D eigenvalue weighted by Gasteiger charge is 2.23. The van der Waals surface area contributed by atoms with Crippen molar-refractivity contribution in [3.8, 4) is 0 Å². The lowest BCUT2D eigenvalue weighted by Crippen LogP contribution is -2.38. The first-order valence-electron chi connectivity index (χ1n) is 10.2. The summed E-state index contributed by atoms with van der Waals surface area (Å²) in [5.41, 5.74) is 3.31. The molecule has 1 aromatic carbocycles. The molecule has 0 spiro atoms. The fourth-order valence-electron chi connectivity index (χ4n) is 4.22. The molecule has 2 aliphatic rings. The lowest BCUT2D eigenvalue weighted by atomic mass is 9.86. The third-order valence-corrected chi connectivity index (χ3v) is 5.81. The topological polar surface area (TPSA) is 49.4 Å². The van der Waals surface area contributed by atoms with Gasteiger partial charge in [0, 0.05) is 31.1 Å². The lowest BCUT2D eigenvalue weighted by Gasteiger charge is -2.30. The minimum Gasteiger partial charge on any atom is -0.338 e. The van der Waals surface area contributed by atoms with E-state index < -0.39 is 0 Å². The van der Waals surface area contributed by atoms with Gasteiger partial charge in [-0.3, -0.25) is 9.59 Å². The molecule has 4 heteroatoms. The summed E-state index contributed by atoms with van der Waals surface area (Å²) in [7, 11) is 0. The molecule has 3 rings (SSSR count). The van der Waals surface area contributed by atoms with E-state index in [1.807, 2.05) is 30.9 Å². The molecule has 1 aliphatic carbocycles. The molecule has 0 aromatic heterocycles. The SMILES string of the molecule is CC(C)C(=O)N1CCc2ccc(NC(=O)CCC3CCCCC3)cc2C1. The third kappa shape index (κ3) is 4.87. The summed E-state index contributed by atoms with van der Waals surface area (Å²) < 4.78 is 0. The Morgan fingerprint density at radius 2 is 1.92 bits per heavy atom. The number of hydrogen-bond donors (Lipinski definition) is 1. The average Bonchev–Trinajstić information content (AvgIpc) is 2.66. The van der Waals surface area contributed by atoms with E-state index in [1.54, 1.807) is 0 Å². The average molecular weight is 357 g/mol. The van der Waals surface area contributed by atoms with E-state index in [-0.39, 0.29) is 17.7 Å². The summed E-state index contributed by atoms with van der Waals surface area (Å²) in [5.74, 6) is 1.08. The van der Waals surface area contributed by atoms with Crippen LogP contribution in [0.5, 0.6) is 0 Å². The normalized spacial score (nSPS) is 17.9. The zero-order chi connectivity index (χ0) is 18.5. The molecule has 26 heavy (non-hydrogen) atoms. The van der Waals surface area contributed by atoms with Crippen LogP contribution in [0.25, 0.3) is 0 Å². The van der Waals surface area contributed by atoms with Gasteiger partial charge in [-0.1, -0.05) is 52.0 Å². The van der Waals surface area contributed by atoms with Gasteiger partial charge in [0.25, 0.3) is 0 Å². The fraction of sp³-hybridized carbons (Fsp3) is 0.636. The Morgan fingerprint density at radius 3 is 2.65 bits per heavy atom. The number of anilines is 1. The number of nitrogens with zero attached hydrogens (tertiary/aromatic N) is 1. The van der Waals surface area contributed by atoms with Crippen LogP contribution < -0.4 is 5.32 Å². The second-order valence-corrected chi connectivity index (χ2v) is 8.24. The molecular formula is C22H32N2O2. The maximum absolute atomic E-state index is 12.3. The van der Waals surface area contributed by atoms with Crippen LogP contribution in [-0.2, 0) is 22.6 Å². The van der Waals surface area contributed by atoms with Gasteiger partial charge in [-0.2, -0.15) is 0 Å². The molecule has 0 atom stereocenters. The summed E-state index contributed by atoms with van der Waals surface area (Å²) in [5, 5.41) is 3.06. The minimum absolute atomic E-state index is 0.0271. The molecule has 0 radical (unpaired) electrons. The van der Waals surface area contributed by atoms with Gasteiger partial charge in [-0.05, 0) is 42.0 Å². The third-order valence-electron chi connectivity index (χ3n) is 5.81. The highest BCUT2D eigenvalue weighted by molar-refractivity contribution is 5.90. The molecular weight excluding hydrogens is 324 g/mol. The zero-order valence-electron chi connectivity index (χ0n) is 16.2. The number of carbonyl (C=O) groups excluding carboxylic acids is 2. The monoisotopic (exact) mass is 356 g/mol. The zero-order valence-corrected chi connectivity index (χ0v) is 16.2. The van der Waals surface area contributed by atoms with Gasteiger partial charge in [0.05, 0.1) is 0 Å². The summed E-state index contributed by atoms with van der Waals surface area (Å²) in [6.07, 6.45) is 9.08. The maximum atomic E-state index is 12.3. The van der Waals surface area contributed by atoms with Crippen LogP contribution in [0.4, 0.5) is 5.69 Å². The quantitative estimate of drug-likeness (QED) is 0.843. The van der Waals surface area contributed by atoms with Gasteiger partial charge in [0.1, 0.15) is 0 Å². The molecule has 0 saturated heterocycles. The van der Waals surface area contributed by atoms with Gasteiger partial charge >= 0.3 is 0 Å². The van der Waals surface area contributed by atoms with Crippen molar-refractivity contribution in [3.63, 3.8) is 0 Å². The van der Waals surface area contributed by atoms with Crippen molar-refractivity contribution in [1.29, 1.82) is 0 Å². The predicted molar refractivity (Wildman–Crippen MR) is 105 cm³/mol. The molecule has 2 amide bonds. The number of carbonyl (C=O) groups is 2. The van der Waals surface area contributed by atoms with E-state index in [9.17, 15) is 9.59 Å². The summed E-state index contributed by atoms with van der Waals surface area (Å²) >= 11 is 0. The van der Waals surface area contributed by atoms with Crippen molar-refractivity contribution in [2.75, 3.05) is 11.9 Å². The van der Waals surface area contributed by atoms with Gasteiger partial charge in [0.2, 0.25) is 11.8 Å². The Kier molecular flexibility index (Phi) is 6.33. The Bertz CT molecular complexity index is 648. The molecule has 1 fully saturated rings. The standard InChI is InChI=1S/C22H32N2O2/c1-16(2)22(26)24-13-12-18-9-10-20(14-19(18)15-24)23-21(25)11-8-17-6-4-3-5-7-17/h9-10,14,16-17H,3-8,11-13,15H2,1-2H3,(H,23,25). The number of amides is 2. The van der Waals surface area contributed by atoms with E-state index in [1.165, 1.54) is 37.7 Å². The van der Waals surface area contributed by atoms with Crippen LogP contribution in [-0.4, -0.2) is 23.3 Å². The molecule has 0 bridgehead atoms. The van der Waals surface area contributed by atoms with Gasteiger partial charge in [0.15, 0.2) is 0 Å². The van der Waals surface area contributed by atoms with E-state index in [0.29, 0.717) is 13.0 Å². The minimum atomic E-state index is 0.0271. The van der Waals surface area contributed by atoms with Gasteiger partial charge in [-0.15, -0.1) is 0 Å². The molecule has 1 N–H and O–H groups in total. The van der Waals surface area contributed by atoms with Crippen molar-refractivity contribution in [2.24, 2.45) is 11.8 Å². The Labute approximate surface area is 157 Å². The number of fused-ring (bicyclic) bond motifs is 1. The van der Waals surface area contributed by atoms with Crippen LogP contribution in [0.1, 0.15) is 69.9 Å². The number of rotatable bonds is 5. The Balaban J connectivity index is 1.55.